The number of carbonyl (C=O) groups is 2. The summed E-state index contributed by atoms with van der Waals surface area (Å²) in [5.41, 5.74) is 10.2. The number of benzene rings is 1. The molecular weight excluding hydrogens is 407 g/mol. The number of nitrogens with one attached hydrogen (secondary N) is 2. The number of hydrogen-bond donors (Lipinski definition) is 4. The molecule has 13 heteroatoms. The van der Waals surface area contributed by atoms with E-state index in [0.29, 0.717) is 19.4 Å². The summed E-state index contributed by atoms with van der Waals surface area (Å²) >= 11 is 0. The zero-order valence-electron chi connectivity index (χ0n) is 15.5. The van der Waals surface area contributed by atoms with Crippen LogP contribution in [-0.2, 0) is 24.4 Å². The molecule has 29 heavy (non-hydrogen) atoms. The van der Waals surface area contributed by atoms with Gasteiger partial charge in [-0.2, -0.15) is 4.72 Å². The number of sulfonamides is 1. The molecule has 6 N–H and O–H groups in total. The average Bonchev–Trinajstić information content (AvgIpc) is 2.64. The minimum Gasteiger partial charge on any atom is -0.391 e. The Labute approximate surface area is 167 Å². The monoisotopic (exact) mass is 430 g/mol. The van der Waals surface area contributed by atoms with Crippen molar-refractivity contribution in [3.8, 4) is 0 Å². The number of nitrogens with two attached hydrogens (primary N) is 2. The highest BCUT2D eigenvalue weighted by Gasteiger charge is 2.33. The fraction of sp³-hybridized carbons (Fsp3) is 0.438. The molecule has 11 nitrogen and oxygen atoms in total. The highest BCUT2D eigenvalue weighted by Crippen LogP contribution is 2.16. The third-order valence-corrected chi connectivity index (χ3v) is 5.46. The Bertz CT molecular complexity index is 857. The molecule has 0 radical (unpaired) electrons. The summed E-state index contributed by atoms with van der Waals surface area (Å²) in [7, 11) is -4.00. The minimum absolute atomic E-state index is 0.0394. The van der Waals surface area contributed by atoms with Gasteiger partial charge in [0.2, 0.25) is 27.8 Å². The minimum atomic E-state index is -4.00. The Morgan fingerprint density at radius 2 is 2.00 bits per heavy atom. The average molecular weight is 430 g/mol. The third kappa shape index (κ3) is 6.87. The number of guanidine groups is 1. The number of likely N-dealkylation sites (tertiary alicyclic amines) is 1. The Hall–Kier alpha value is -2.93. The Morgan fingerprint density at radius 3 is 2.66 bits per heavy atom. The van der Waals surface area contributed by atoms with Crippen molar-refractivity contribution in [1.82, 2.24) is 14.9 Å². The van der Waals surface area contributed by atoms with Gasteiger partial charge in [0.25, 0.3) is 0 Å². The van der Waals surface area contributed by atoms with Crippen LogP contribution in [0.4, 0.5) is 4.39 Å². The van der Waals surface area contributed by atoms with Crippen LogP contribution in [0.5, 0.6) is 0 Å². The molecule has 0 unspecified atom stereocenters. The van der Waals surface area contributed by atoms with Crippen LogP contribution in [-0.4, -0.2) is 63.4 Å². The van der Waals surface area contributed by atoms with Gasteiger partial charge < -0.3 is 26.5 Å². The van der Waals surface area contributed by atoms with Gasteiger partial charge >= 0.3 is 0 Å². The second kappa shape index (κ2) is 10.0. The lowest BCUT2D eigenvalue weighted by molar-refractivity contribution is -0.139. The molecule has 1 aromatic carbocycles. The van der Waals surface area contributed by atoms with Crippen molar-refractivity contribution in [2.75, 3.05) is 26.2 Å². The number of hydrogen-bond acceptors (Lipinski definition) is 6. The van der Waals surface area contributed by atoms with Gasteiger partial charge in [0.05, 0.1) is 18.0 Å². The van der Waals surface area contributed by atoms with Crippen molar-refractivity contribution in [3.05, 3.63) is 30.1 Å². The summed E-state index contributed by atoms with van der Waals surface area (Å²) in [6.07, 6.45) is 0.812. The molecule has 1 aliphatic rings. The highest BCUT2D eigenvalue weighted by molar-refractivity contribution is 7.89. The quantitative estimate of drug-likeness (QED) is 0.158. The molecule has 1 saturated heterocycles. The van der Waals surface area contributed by atoms with E-state index in [0.717, 1.165) is 24.3 Å². The maximum Gasteiger partial charge on any atom is 0.241 e. The van der Waals surface area contributed by atoms with E-state index < -0.39 is 33.7 Å². The molecular formula is C16H23FN6O5S. The van der Waals surface area contributed by atoms with Gasteiger partial charge in [-0.3, -0.25) is 9.59 Å². The van der Waals surface area contributed by atoms with Crippen LogP contribution < -0.4 is 21.5 Å². The van der Waals surface area contributed by atoms with Gasteiger partial charge in [-0.25, -0.2) is 12.8 Å². The smallest absolute Gasteiger partial charge is 0.241 e. The molecule has 2 amide bonds. The Kier molecular flexibility index (Phi) is 7.73. The third-order valence-electron chi connectivity index (χ3n) is 3.97. The predicted octanol–water partition coefficient (Wildman–Crippen LogP) is -1.58. The van der Waals surface area contributed by atoms with Gasteiger partial charge in [0.15, 0.2) is 0 Å². The van der Waals surface area contributed by atoms with Gasteiger partial charge in [-0.15, -0.1) is 0 Å². The first kappa shape index (κ1) is 22.4. The van der Waals surface area contributed by atoms with E-state index in [2.05, 4.69) is 15.2 Å². The molecule has 1 atom stereocenters. The van der Waals surface area contributed by atoms with Crippen molar-refractivity contribution in [2.45, 2.75) is 23.8 Å². The van der Waals surface area contributed by atoms with Gasteiger partial charge in [-0.1, -0.05) is 0 Å². The van der Waals surface area contributed by atoms with Crippen LogP contribution in [0.2, 0.25) is 0 Å². The lowest BCUT2D eigenvalue weighted by atomic mass is 10.1. The van der Waals surface area contributed by atoms with Crippen molar-refractivity contribution in [2.24, 2.45) is 16.6 Å². The molecule has 0 saturated carbocycles. The predicted molar refractivity (Wildman–Crippen MR) is 101 cm³/mol. The molecule has 0 spiro atoms. The number of halogens is 1. The number of nitrogens with zero attached hydrogens (tertiary/aromatic N) is 2. The maximum absolute atomic E-state index is 13.0. The summed E-state index contributed by atoms with van der Waals surface area (Å²) < 4.78 is 40.1. The van der Waals surface area contributed by atoms with Crippen LogP contribution in [0.1, 0.15) is 12.8 Å². The van der Waals surface area contributed by atoms with E-state index in [4.69, 9.17) is 16.3 Å². The highest BCUT2D eigenvalue weighted by atomic mass is 32.2. The first-order valence-electron chi connectivity index (χ1n) is 8.73. The lowest BCUT2D eigenvalue weighted by Gasteiger charge is -2.32. The van der Waals surface area contributed by atoms with Crippen molar-refractivity contribution < 1.29 is 27.2 Å². The summed E-state index contributed by atoms with van der Waals surface area (Å²) in [4.78, 5) is 30.4. The van der Waals surface area contributed by atoms with E-state index in [-0.39, 0.29) is 30.6 Å². The van der Waals surface area contributed by atoms with Crippen molar-refractivity contribution in [3.63, 3.8) is 0 Å². The fourth-order valence-electron chi connectivity index (χ4n) is 2.66. The number of rotatable bonds is 9. The second-order valence-electron chi connectivity index (χ2n) is 6.23. The maximum atomic E-state index is 13.0. The number of amides is 2. The molecule has 1 aliphatic heterocycles. The Morgan fingerprint density at radius 1 is 1.31 bits per heavy atom. The first-order chi connectivity index (χ1) is 13.7. The van der Waals surface area contributed by atoms with E-state index in [1.165, 1.54) is 4.90 Å². The summed E-state index contributed by atoms with van der Waals surface area (Å²) in [5.74, 6) is -1.76. The van der Waals surface area contributed by atoms with E-state index in [9.17, 15) is 22.4 Å². The topological polar surface area (TPSA) is 169 Å². The molecule has 1 heterocycles. The number of carbonyl (C=O) groups excluding carboxylic acids is 2. The zero-order chi connectivity index (χ0) is 21.4. The zero-order valence-corrected chi connectivity index (χ0v) is 16.3. The summed E-state index contributed by atoms with van der Waals surface area (Å²) in [5, 5.41) is 5.83. The Balaban J connectivity index is 1.88. The van der Waals surface area contributed by atoms with Gasteiger partial charge in [-0.05, 0) is 42.3 Å². The van der Waals surface area contributed by atoms with Crippen LogP contribution >= 0.6 is 0 Å². The molecule has 0 bridgehead atoms. The molecule has 1 aromatic rings. The van der Waals surface area contributed by atoms with Crippen molar-refractivity contribution >= 4 is 27.8 Å². The molecule has 0 aromatic heterocycles. The van der Waals surface area contributed by atoms with E-state index in [1.807, 2.05) is 0 Å². The van der Waals surface area contributed by atoms with Crippen LogP contribution in [0.15, 0.2) is 34.3 Å². The number of piperidine rings is 1. The molecule has 2 rings (SSSR count). The SMILES string of the molecule is NC(N)=NOCCNC(=O)CN1CCC[C@H](NS(=O)(=O)c2ccc(F)cc2)C1=O. The van der Waals surface area contributed by atoms with E-state index >= 15 is 0 Å². The molecule has 1 fully saturated rings. The van der Waals surface area contributed by atoms with Gasteiger partial charge in [0.1, 0.15) is 18.5 Å². The van der Waals surface area contributed by atoms with Gasteiger partial charge in [0, 0.05) is 6.54 Å². The first-order valence-corrected chi connectivity index (χ1v) is 10.2. The molecule has 0 aliphatic carbocycles. The van der Waals surface area contributed by atoms with Crippen LogP contribution in [0.3, 0.4) is 0 Å². The molecule has 160 valence electrons. The van der Waals surface area contributed by atoms with E-state index in [1.54, 1.807) is 0 Å². The van der Waals surface area contributed by atoms with Crippen LogP contribution in [0, 0.1) is 5.82 Å². The fourth-order valence-corrected chi connectivity index (χ4v) is 3.88. The summed E-state index contributed by atoms with van der Waals surface area (Å²) in [6, 6.07) is 3.26. The van der Waals surface area contributed by atoms with Crippen LogP contribution in [0.25, 0.3) is 0 Å². The largest absolute Gasteiger partial charge is 0.391 e. The standard InChI is InChI=1S/C16H23FN6O5S/c17-11-3-5-12(6-4-11)29(26,27)22-13-2-1-8-23(15(13)25)10-14(24)20-7-9-28-21-16(18)19/h3-6,13,22H,1-2,7-10H2,(H,20,24)(H4,18,19,21)/t13-/m0/s1. The second-order valence-corrected chi connectivity index (χ2v) is 7.94. The normalized spacial score (nSPS) is 16.9. The summed E-state index contributed by atoms with van der Waals surface area (Å²) in [6.45, 7) is 0.261. The number of oxime groups is 1. The van der Waals surface area contributed by atoms with Crippen molar-refractivity contribution in [1.29, 1.82) is 0 Å². The lowest BCUT2D eigenvalue weighted by Crippen LogP contribution is -2.54.